The van der Waals surface area contributed by atoms with Crippen LogP contribution in [-0.2, 0) is 4.74 Å². The van der Waals surface area contributed by atoms with Gasteiger partial charge in [-0.3, -0.25) is 4.79 Å². The van der Waals surface area contributed by atoms with Crippen molar-refractivity contribution in [3.05, 3.63) is 52.6 Å². The lowest BCUT2D eigenvalue weighted by atomic mass is 10.2. The van der Waals surface area contributed by atoms with Gasteiger partial charge in [-0.25, -0.2) is 4.98 Å². The number of pyridine rings is 1. The van der Waals surface area contributed by atoms with E-state index >= 15 is 0 Å². The maximum Gasteiger partial charge on any atom is 0.257 e. The minimum absolute atomic E-state index is 0.180. The molecular formula is C16H18BrN3O2. The molecule has 1 aromatic heterocycles. The van der Waals surface area contributed by atoms with Crippen LogP contribution in [0.1, 0.15) is 16.8 Å². The first kappa shape index (κ1) is 16.5. The second-order valence-electron chi connectivity index (χ2n) is 4.67. The number of hydrogen-bond donors (Lipinski definition) is 2. The number of hydrogen-bond acceptors (Lipinski definition) is 4. The Morgan fingerprint density at radius 3 is 2.64 bits per heavy atom. The number of nitrogens with zero attached hydrogens (tertiary/aromatic N) is 1. The third kappa shape index (κ3) is 5.13. The lowest BCUT2D eigenvalue weighted by Gasteiger charge is -2.07. The highest BCUT2D eigenvalue weighted by Gasteiger charge is 2.06. The van der Waals surface area contributed by atoms with Crippen molar-refractivity contribution in [3.63, 3.8) is 0 Å². The molecule has 1 heterocycles. The van der Waals surface area contributed by atoms with Gasteiger partial charge < -0.3 is 15.4 Å². The largest absolute Gasteiger partial charge is 0.385 e. The summed E-state index contributed by atoms with van der Waals surface area (Å²) in [5.74, 6) is 0.567. The summed E-state index contributed by atoms with van der Waals surface area (Å²) < 4.78 is 5.95. The van der Waals surface area contributed by atoms with Crippen LogP contribution in [-0.4, -0.2) is 31.2 Å². The number of carbonyl (C=O) groups is 1. The van der Waals surface area contributed by atoms with Crippen LogP contribution in [0.15, 0.2) is 47.1 Å². The van der Waals surface area contributed by atoms with Crippen molar-refractivity contribution >= 4 is 33.3 Å². The summed E-state index contributed by atoms with van der Waals surface area (Å²) in [5.41, 5.74) is 1.26. The topological polar surface area (TPSA) is 63.2 Å². The quantitative estimate of drug-likeness (QED) is 0.738. The second kappa shape index (κ2) is 8.51. The molecule has 0 unspecified atom stereocenters. The molecular weight excluding hydrogens is 346 g/mol. The third-order valence-corrected chi connectivity index (χ3v) is 3.49. The number of carbonyl (C=O) groups excluding carboxylic acids is 1. The van der Waals surface area contributed by atoms with Crippen LogP contribution in [0.5, 0.6) is 0 Å². The lowest BCUT2D eigenvalue weighted by Crippen LogP contribution is -2.12. The molecule has 0 saturated carbocycles. The number of nitrogens with one attached hydrogen (secondary N) is 2. The SMILES string of the molecule is COCCCNc1ccc(C(=O)Nc2ccc(Br)cc2)cn1. The Morgan fingerprint density at radius 1 is 1.23 bits per heavy atom. The summed E-state index contributed by atoms with van der Waals surface area (Å²) in [7, 11) is 1.68. The van der Waals surface area contributed by atoms with Crippen molar-refractivity contribution in [2.24, 2.45) is 0 Å². The predicted molar refractivity (Wildman–Crippen MR) is 91.3 cm³/mol. The van der Waals surface area contributed by atoms with Gasteiger partial charge in [-0.15, -0.1) is 0 Å². The first-order valence-corrected chi connectivity index (χ1v) is 7.74. The molecule has 0 fully saturated rings. The van der Waals surface area contributed by atoms with Crippen LogP contribution in [0.3, 0.4) is 0 Å². The molecule has 0 spiro atoms. The number of aromatic nitrogens is 1. The normalized spacial score (nSPS) is 10.3. The zero-order chi connectivity index (χ0) is 15.8. The highest BCUT2D eigenvalue weighted by molar-refractivity contribution is 9.10. The van der Waals surface area contributed by atoms with Crippen LogP contribution in [0.2, 0.25) is 0 Å². The van der Waals surface area contributed by atoms with E-state index in [-0.39, 0.29) is 5.91 Å². The Morgan fingerprint density at radius 2 is 2.00 bits per heavy atom. The molecule has 1 amide bonds. The van der Waals surface area contributed by atoms with Crippen LogP contribution < -0.4 is 10.6 Å². The van der Waals surface area contributed by atoms with Crippen molar-refractivity contribution in [3.8, 4) is 0 Å². The smallest absolute Gasteiger partial charge is 0.257 e. The van der Waals surface area contributed by atoms with E-state index in [2.05, 4.69) is 31.5 Å². The number of rotatable bonds is 7. The number of methoxy groups -OCH3 is 1. The van der Waals surface area contributed by atoms with Gasteiger partial charge in [0.05, 0.1) is 5.56 Å². The molecule has 0 saturated heterocycles. The number of anilines is 2. The van der Waals surface area contributed by atoms with Gasteiger partial charge in [-0.2, -0.15) is 0 Å². The van der Waals surface area contributed by atoms with Crippen molar-refractivity contribution in [1.82, 2.24) is 4.98 Å². The lowest BCUT2D eigenvalue weighted by molar-refractivity contribution is 0.102. The van der Waals surface area contributed by atoms with Gasteiger partial charge in [0.25, 0.3) is 5.91 Å². The summed E-state index contributed by atoms with van der Waals surface area (Å²) in [4.78, 5) is 16.3. The molecule has 2 aromatic rings. The summed E-state index contributed by atoms with van der Waals surface area (Å²) >= 11 is 3.36. The molecule has 1 aromatic carbocycles. The summed E-state index contributed by atoms with van der Waals surface area (Å²) in [6, 6.07) is 11.0. The van der Waals surface area contributed by atoms with E-state index < -0.39 is 0 Å². The Bertz CT molecular complexity index is 600. The minimum Gasteiger partial charge on any atom is -0.385 e. The van der Waals surface area contributed by atoms with E-state index in [4.69, 9.17) is 4.74 Å². The average Bonchev–Trinajstić information content (AvgIpc) is 2.54. The summed E-state index contributed by atoms with van der Waals surface area (Å²) in [5, 5.41) is 6.00. The number of amides is 1. The first-order chi connectivity index (χ1) is 10.7. The third-order valence-electron chi connectivity index (χ3n) is 2.96. The number of benzene rings is 1. The van der Waals surface area contributed by atoms with E-state index in [1.807, 2.05) is 24.3 Å². The number of ether oxygens (including phenoxy) is 1. The summed E-state index contributed by atoms with van der Waals surface area (Å²) in [6.07, 6.45) is 2.47. The summed E-state index contributed by atoms with van der Waals surface area (Å²) in [6.45, 7) is 1.49. The van der Waals surface area contributed by atoms with Gasteiger partial charge in [0.15, 0.2) is 0 Å². The van der Waals surface area contributed by atoms with Gasteiger partial charge in [-0.05, 0) is 42.8 Å². The van der Waals surface area contributed by atoms with Gasteiger partial charge in [-0.1, -0.05) is 15.9 Å². The molecule has 0 aliphatic carbocycles. The van der Waals surface area contributed by atoms with E-state index in [1.165, 1.54) is 0 Å². The van der Waals surface area contributed by atoms with Crippen LogP contribution in [0.25, 0.3) is 0 Å². The fraction of sp³-hybridized carbons (Fsp3) is 0.250. The molecule has 0 bridgehead atoms. The van der Waals surface area contributed by atoms with Gasteiger partial charge in [0, 0.05) is 36.6 Å². The molecule has 116 valence electrons. The predicted octanol–water partition coefficient (Wildman–Crippen LogP) is 3.54. The molecule has 0 aliphatic rings. The average molecular weight is 364 g/mol. The van der Waals surface area contributed by atoms with Crippen molar-refractivity contribution in [2.45, 2.75) is 6.42 Å². The van der Waals surface area contributed by atoms with Gasteiger partial charge >= 0.3 is 0 Å². The van der Waals surface area contributed by atoms with E-state index in [1.54, 1.807) is 25.4 Å². The molecule has 0 radical (unpaired) electrons. The fourth-order valence-corrected chi connectivity index (χ4v) is 2.07. The first-order valence-electron chi connectivity index (χ1n) is 6.95. The van der Waals surface area contributed by atoms with E-state index in [0.29, 0.717) is 12.2 Å². The maximum atomic E-state index is 12.1. The molecule has 6 heteroatoms. The molecule has 22 heavy (non-hydrogen) atoms. The molecule has 2 rings (SSSR count). The Labute approximate surface area is 138 Å². The van der Waals surface area contributed by atoms with E-state index in [9.17, 15) is 4.79 Å². The zero-order valence-electron chi connectivity index (χ0n) is 12.3. The Kier molecular flexibility index (Phi) is 6.36. The van der Waals surface area contributed by atoms with Gasteiger partial charge in [0.1, 0.15) is 5.82 Å². The standard InChI is InChI=1S/C16H18BrN3O2/c1-22-10-2-9-18-15-8-3-12(11-19-15)16(21)20-14-6-4-13(17)5-7-14/h3-8,11H,2,9-10H2,1H3,(H,18,19)(H,20,21). The Balaban J connectivity index is 1.89. The maximum absolute atomic E-state index is 12.1. The van der Waals surface area contributed by atoms with E-state index in [0.717, 1.165) is 28.9 Å². The van der Waals surface area contributed by atoms with Gasteiger partial charge in [0.2, 0.25) is 0 Å². The molecule has 5 nitrogen and oxygen atoms in total. The second-order valence-corrected chi connectivity index (χ2v) is 5.58. The van der Waals surface area contributed by atoms with Crippen molar-refractivity contribution in [1.29, 1.82) is 0 Å². The monoisotopic (exact) mass is 363 g/mol. The van der Waals surface area contributed by atoms with Crippen LogP contribution in [0.4, 0.5) is 11.5 Å². The molecule has 0 aliphatic heterocycles. The Hall–Kier alpha value is -1.92. The van der Waals surface area contributed by atoms with Crippen LogP contribution >= 0.6 is 15.9 Å². The minimum atomic E-state index is -0.180. The molecule has 0 atom stereocenters. The molecule has 2 N–H and O–H groups in total. The van der Waals surface area contributed by atoms with Crippen molar-refractivity contribution in [2.75, 3.05) is 30.9 Å². The highest BCUT2D eigenvalue weighted by Crippen LogP contribution is 2.15. The fourth-order valence-electron chi connectivity index (χ4n) is 1.80. The van der Waals surface area contributed by atoms with Crippen molar-refractivity contribution < 1.29 is 9.53 Å². The highest BCUT2D eigenvalue weighted by atomic mass is 79.9. The zero-order valence-corrected chi connectivity index (χ0v) is 13.9. The number of halogens is 1. The van der Waals surface area contributed by atoms with Crippen LogP contribution in [0, 0.1) is 0 Å².